The van der Waals surface area contributed by atoms with Crippen molar-refractivity contribution in [3.8, 4) is 0 Å². The third kappa shape index (κ3) is 3.28. The van der Waals surface area contributed by atoms with Crippen LogP contribution in [0.2, 0.25) is 0 Å². The monoisotopic (exact) mass is 261 g/mol. The molecule has 2 rings (SSSR count). The van der Waals surface area contributed by atoms with Crippen molar-refractivity contribution in [2.24, 2.45) is 0 Å². The highest BCUT2D eigenvalue weighted by atomic mass is 16.5. The van der Waals surface area contributed by atoms with Crippen molar-refractivity contribution in [1.82, 2.24) is 5.01 Å². The number of rotatable bonds is 6. The first-order valence-electron chi connectivity index (χ1n) is 7.38. The molecule has 1 heterocycles. The summed E-state index contributed by atoms with van der Waals surface area (Å²) in [6.07, 6.45) is 2.60. The highest BCUT2D eigenvalue weighted by Crippen LogP contribution is 2.26. The molecule has 19 heavy (non-hydrogen) atoms. The Balaban J connectivity index is 2.21. The summed E-state index contributed by atoms with van der Waals surface area (Å²) in [5.41, 5.74) is 3.78. The van der Waals surface area contributed by atoms with Crippen molar-refractivity contribution in [2.45, 2.75) is 40.2 Å². The zero-order valence-electron chi connectivity index (χ0n) is 12.4. The van der Waals surface area contributed by atoms with Gasteiger partial charge in [0.15, 0.2) is 0 Å². The van der Waals surface area contributed by atoms with E-state index in [0.717, 1.165) is 26.2 Å². The van der Waals surface area contributed by atoms with Crippen LogP contribution < -0.4 is 5.01 Å². The molecule has 3 heteroatoms. The van der Waals surface area contributed by atoms with Gasteiger partial charge in [0.25, 0.3) is 0 Å². The van der Waals surface area contributed by atoms with Crippen LogP contribution in [-0.2, 0) is 11.3 Å². The van der Waals surface area contributed by atoms with Crippen LogP contribution in [0.3, 0.4) is 0 Å². The van der Waals surface area contributed by atoms with Crippen LogP contribution in [0.4, 0.5) is 5.69 Å². The van der Waals surface area contributed by atoms with Gasteiger partial charge in [0.1, 0.15) is 0 Å². The lowest BCUT2D eigenvalue weighted by atomic mass is 10.1. The zero-order chi connectivity index (χ0) is 13.7. The smallest absolute Gasteiger partial charge is 0.0720 e. The van der Waals surface area contributed by atoms with E-state index < -0.39 is 0 Å². The molecule has 0 spiro atoms. The topological polar surface area (TPSA) is 15.7 Å². The molecule has 105 valence electrons. The van der Waals surface area contributed by atoms with E-state index in [4.69, 9.17) is 4.74 Å². The first kappa shape index (κ1) is 14.4. The molecule has 1 aromatic rings. The minimum absolute atomic E-state index is 0.696. The molecule has 0 N–H and O–H groups in total. The molecule has 1 aliphatic heterocycles. The minimum Gasteiger partial charge on any atom is -0.377 e. The molecule has 0 bridgehead atoms. The van der Waals surface area contributed by atoms with E-state index in [-0.39, 0.29) is 0 Å². The van der Waals surface area contributed by atoms with Gasteiger partial charge < -0.3 is 9.75 Å². The van der Waals surface area contributed by atoms with Crippen LogP contribution in [0, 0.1) is 13.0 Å². The fourth-order valence-electron chi connectivity index (χ4n) is 2.68. The number of hydrogen-bond acceptors (Lipinski definition) is 3. The number of anilines is 1. The second-order valence-corrected chi connectivity index (χ2v) is 4.99. The molecule has 1 fully saturated rings. The predicted octanol–water partition coefficient (Wildman–Crippen LogP) is 3.17. The summed E-state index contributed by atoms with van der Waals surface area (Å²) in [6.45, 7) is 11.2. The van der Waals surface area contributed by atoms with Crippen molar-refractivity contribution in [3.63, 3.8) is 0 Å². The normalized spacial score (nSPS) is 15.9. The van der Waals surface area contributed by atoms with Gasteiger partial charge in [0, 0.05) is 32.3 Å². The van der Waals surface area contributed by atoms with E-state index in [9.17, 15) is 0 Å². The number of nitrogens with zero attached hydrogens (tertiary/aromatic N) is 2. The maximum atomic E-state index is 5.55. The Hall–Kier alpha value is -1.06. The fourth-order valence-corrected chi connectivity index (χ4v) is 2.68. The van der Waals surface area contributed by atoms with Crippen LogP contribution in [0.25, 0.3) is 0 Å². The van der Waals surface area contributed by atoms with Gasteiger partial charge in [-0.1, -0.05) is 12.1 Å². The minimum atomic E-state index is 0.696. The first-order valence-corrected chi connectivity index (χ1v) is 7.38. The first-order chi connectivity index (χ1) is 9.27. The van der Waals surface area contributed by atoms with Crippen molar-refractivity contribution in [3.05, 3.63) is 29.3 Å². The van der Waals surface area contributed by atoms with Crippen LogP contribution in [-0.4, -0.2) is 31.3 Å². The third-order valence-corrected chi connectivity index (χ3v) is 3.78. The Morgan fingerprint density at radius 1 is 1.32 bits per heavy atom. The van der Waals surface area contributed by atoms with Gasteiger partial charge in [-0.15, -0.1) is 0 Å². The van der Waals surface area contributed by atoms with E-state index in [0.29, 0.717) is 6.61 Å². The molecule has 0 atom stereocenters. The molecule has 1 radical (unpaired) electrons. The molecule has 0 aromatic heterocycles. The fraction of sp³-hybridized carbons (Fsp3) is 0.625. The highest BCUT2D eigenvalue weighted by molar-refractivity contribution is 5.54. The lowest BCUT2D eigenvalue weighted by Crippen LogP contribution is -2.41. The second kappa shape index (κ2) is 6.92. The van der Waals surface area contributed by atoms with Gasteiger partial charge in [-0.25, -0.2) is 5.01 Å². The molecular weight excluding hydrogens is 236 g/mol. The van der Waals surface area contributed by atoms with Gasteiger partial charge in [-0.05, 0) is 44.7 Å². The number of hydrazine groups is 1. The van der Waals surface area contributed by atoms with E-state index in [1.165, 1.54) is 29.7 Å². The van der Waals surface area contributed by atoms with E-state index >= 15 is 0 Å². The maximum Gasteiger partial charge on any atom is 0.0720 e. The molecule has 0 unspecified atom stereocenters. The Morgan fingerprint density at radius 3 is 2.68 bits per heavy atom. The summed E-state index contributed by atoms with van der Waals surface area (Å²) >= 11 is 0. The SMILES string of the molecule is CCOCc1cc[c]c(N(CC)N2CCCC2)c1C. The Kier molecular flexibility index (Phi) is 5.23. The molecule has 0 saturated carbocycles. The van der Waals surface area contributed by atoms with Gasteiger partial charge in [-0.3, -0.25) is 0 Å². The number of hydrogen-bond donors (Lipinski definition) is 0. The Morgan fingerprint density at radius 2 is 2.05 bits per heavy atom. The Bertz CT molecular complexity index is 400. The molecule has 0 aliphatic carbocycles. The predicted molar refractivity (Wildman–Crippen MR) is 79.2 cm³/mol. The molecule has 1 aliphatic rings. The summed E-state index contributed by atoms with van der Waals surface area (Å²) in [6, 6.07) is 7.55. The summed E-state index contributed by atoms with van der Waals surface area (Å²) < 4.78 is 5.55. The Labute approximate surface area is 117 Å². The van der Waals surface area contributed by atoms with Gasteiger partial charge in [0.05, 0.1) is 12.3 Å². The van der Waals surface area contributed by atoms with E-state index in [2.05, 4.69) is 36.0 Å². The lowest BCUT2D eigenvalue weighted by Gasteiger charge is -2.34. The van der Waals surface area contributed by atoms with Crippen LogP contribution in [0.5, 0.6) is 0 Å². The second-order valence-electron chi connectivity index (χ2n) is 4.99. The molecule has 1 aromatic carbocycles. The van der Waals surface area contributed by atoms with Crippen LogP contribution in [0.1, 0.15) is 37.8 Å². The summed E-state index contributed by atoms with van der Waals surface area (Å²) in [5, 5.41) is 4.82. The van der Waals surface area contributed by atoms with E-state index in [1.54, 1.807) is 0 Å². The lowest BCUT2D eigenvalue weighted by molar-refractivity contribution is 0.133. The van der Waals surface area contributed by atoms with Crippen molar-refractivity contribution in [1.29, 1.82) is 0 Å². The molecule has 0 amide bonds. The average Bonchev–Trinajstić information content (AvgIpc) is 2.94. The maximum absolute atomic E-state index is 5.55. The van der Waals surface area contributed by atoms with Crippen molar-refractivity contribution >= 4 is 5.69 Å². The van der Waals surface area contributed by atoms with Crippen molar-refractivity contribution in [2.75, 3.05) is 31.3 Å². The summed E-state index contributed by atoms with van der Waals surface area (Å²) in [4.78, 5) is 0. The largest absolute Gasteiger partial charge is 0.377 e. The number of ether oxygens (including phenoxy) is 1. The summed E-state index contributed by atoms with van der Waals surface area (Å²) in [5.74, 6) is 0. The third-order valence-electron chi connectivity index (χ3n) is 3.78. The quantitative estimate of drug-likeness (QED) is 0.782. The molecular formula is C16H25N2O. The van der Waals surface area contributed by atoms with Gasteiger partial charge >= 0.3 is 0 Å². The molecule has 1 saturated heterocycles. The van der Waals surface area contributed by atoms with Crippen LogP contribution >= 0.6 is 0 Å². The van der Waals surface area contributed by atoms with Crippen molar-refractivity contribution < 1.29 is 4.74 Å². The molecule has 3 nitrogen and oxygen atoms in total. The average molecular weight is 261 g/mol. The van der Waals surface area contributed by atoms with Crippen LogP contribution in [0.15, 0.2) is 12.1 Å². The number of benzene rings is 1. The van der Waals surface area contributed by atoms with Gasteiger partial charge in [0.2, 0.25) is 0 Å². The van der Waals surface area contributed by atoms with E-state index in [1.807, 2.05) is 13.0 Å². The summed E-state index contributed by atoms with van der Waals surface area (Å²) in [7, 11) is 0. The zero-order valence-corrected chi connectivity index (χ0v) is 12.4. The highest BCUT2D eigenvalue weighted by Gasteiger charge is 2.20. The standard InChI is InChI=1S/C16H25N2O/c1-4-18(17-11-6-7-12-17)16-10-8-9-15(14(16)3)13-19-5-2/h8-9H,4-7,11-13H2,1-3H3. The van der Waals surface area contributed by atoms with Gasteiger partial charge in [-0.2, -0.15) is 0 Å².